The average molecular weight is 221 g/mol. The van der Waals surface area contributed by atoms with Gasteiger partial charge >= 0.3 is 0 Å². The Morgan fingerprint density at radius 3 is 2.13 bits per heavy atom. The monoisotopic (exact) mass is 221 g/mol. The van der Waals surface area contributed by atoms with E-state index in [0.717, 1.165) is 6.42 Å². The summed E-state index contributed by atoms with van der Waals surface area (Å²) in [7, 11) is 0. The molecule has 2 heteroatoms. The fourth-order valence-corrected chi connectivity index (χ4v) is 2.02. The third-order valence-electron chi connectivity index (χ3n) is 2.84. The summed E-state index contributed by atoms with van der Waals surface area (Å²) in [5.74, 6) is 0.278. The van der Waals surface area contributed by atoms with Gasteiger partial charge in [0.05, 0.1) is 4.99 Å². The van der Waals surface area contributed by atoms with Crippen molar-refractivity contribution in [2.45, 2.75) is 34.1 Å². The van der Waals surface area contributed by atoms with Crippen molar-refractivity contribution in [3.05, 3.63) is 34.4 Å². The van der Waals surface area contributed by atoms with E-state index in [9.17, 15) is 0 Å². The lowest BCUT2D eigenvalue weighted by Gasteiger charge is -2.15. The Morgan fingerprint density at radius 2 is 1.73 bits per heavy atom. The van der Waals surface area contributed by atoms with Crippen molar-refractivity contribution in [3.63, 3.8) is 0 Å². The Kier molecular flexibility index (Phi) is 3.86. The summed E-state index contributed by atoms with van der Waals surface area (Å²) in [6.07, 6.45) is 0.952. The first-order chi connectivity index (χ1) is 6.91. The molecule has 0 aliphatic rings. The molecule has 0 saturated carbocycles. The third kappa shape index (κ3) is 3.03. The van der Waals surface area contributed by atoms with Gasteiger partial charge in [-0.2, -0.15) is 0 Å². The van der Waals surface area contributed by atoms with E-state index < -0.39 is 0 Å². The zero-order valence-corrected chi connectivity index (χ0v) is 10.7. The van der Waals surface area contributed by atoms with Gasteiger partial charge in [0, 0.05) is 5.92 Å². The van der Waals surface area contributed by atoms with Crippen LogP contribution in [0.1, 0.15) is 29.2 Å². The lowest BCUT2D eigenvalue weighted by atomic mass is 9.92. The molecule has 2 N–H and O–H groups in total. The minimum atomic E-state index is 0.278. The first kappa shape index (κ1) is 12.2. The first-order valence-corrected chi connectivity index (χ1v) is 5.68. The highest BCUT2D eigenvalue weighted by atomic mass is 32.1. The molecule has 1 atom stereocenters. The maximum atomic E-state index is 5.65. The van der Waals surface area contributed by atoms with Crippen LogP contribution in [-0.2, 0) is 6.42 Å². The molecule has 0 saturated heterocycles. The molecule has 1 aromatic rings. The van der Waals surface area contributed by atoms with Crippen molar-refractivity contribution in [2.24, 2.45) is 11.7 Å². The van der Waals surface area contributed by atoms with Gasteiger partial charge in [-0.15, -0.1) is 0 Å². The summed E-state index contributed by atoms with van der Waals surface area (Å²) in [5.41, 5.74) is 11.0. The van der Waals surface area contributed by atoms with Crippen LogP contribution in [-0.4, -0.2) is 4.99 Å². The van der Waals surface area contributed by atoms with E-state index in [-0.39, 0.29) is 5.92 Å². The molecule has 1 aromatic carbocycles. The van der Waals surface area contributed by atoms with Crippen molar-refractivity contribution < 1.29 is 0 Å². The standard InChI is InChI=1S/C13H19NS/c1-8-5-9(2)12(10(3)6-8)7-11(4)13(14)15/h5-6,11H,7H2,1-4H3,(H2,14,15). The number of thiocarbonyl (C=S) groups is 1. The van der Waals surface area contributed by atoms with Crippen LogP contribution in [0.5, 0.6) is 0 Å². The minimum Gasteiger partial charge on any atom is -0.393 e. The van der Waals surface area contributed by atoms with Gasteiger partial charge in [0.1, 0.15) is 0 Å². The average Bonchev–Trinajstić information content (AvgIpc) is 2.10. The van der Waals surface area contributed by atoms with Crippen LogP contribution in [0.15, 0.2) is 12.1 Å². The van der Waals surface area contributed by atoms with E-state index in [1.54, 1.807) is 0 Å². The molecule has 0 amide bonds. The summed E-state index contributed by atoms with van der Waals surface area (Å²) in [6, 6.07) is 4.43. The number of hydrogen-bond acceptors (Lipinski definition) is 1. The van der Waals surface area contributed by atoms with Crippen molar-refractivity contribution in [3.8, 4) is 0 Å². The number of rotatable bonds is 3. The van der Waals surface area contributed by atoms with Gasteiger partial charge in [-0.3, -0.25) is 0 Å². The van der Waals surface area contributed by atoms with Gasteiger partial charge in [0.25, 0.3) is 0 Å². The molecular weight excluding hydrogens is 202 g/mol. The van der Waals surface area contributed by atoms with Crippen LogP contribution < -0.4 is 5.73 Å². The summed E-state index contributed by atoms with van der Waals surface area (Å²) in [5, 5.41) is 0. The van der Waals surface area contributed by atoms with Gasteiger partial charge in [-0.05, 0) is 43.9 Å². The van der Waals surface area contributed by atoms with Crippen LogP contribution >= 0.6 is 12.2 Å². The summed E-state index contributed by atoms with van der Waals surface area (Å²) in [6.45, 7) is 8.52. The molecule has 0 bridgehead atoms. The highest BCUT2D eigenvalue weighted by Crippen LogP contribution is 2.20. The van der Waals surface area contributed by atoms with Crippen LogP contribution in [0.4, 0.5) is 0 Å². The predicted octanol–water partition coefficient (Wildman–Crippen LogP) is 3.08. The Labute approximate surface area is 97.7 Å². The molecule has 15 heavy (non-hydrogen) atoms. The number of benzene rings is 1. The molecular formula is C13H19NS. The third-order valence-corrected chi connectivity index (χ3v) is 3.24. The van der Waals surface area contributed by atoms with Crippen molar-refractivity contribution >= 4 is 17.2 Å². The lowest BCUT2D eigenvalue weighted by molar-refractivity contribution is 0.762. The fourth-order valence-electron chi connectivity index (χ4n) is 1.94. The van der Waals surface area contributed by atoms with Crippen LogP contribution in [0.25, 0.3) is 0 Å². The lowest BCUT2D eigenvalue weighted by Crippen LogP contribution is -2.20. The molecule has 1 unspecified atom stereocenters. The van der Waals surface area contributed by atoms with Crippen molar-refractivity contribution in [1.29, 1.82) is 0 Å². The summed E-state index contributed by atoms with van der Waals surface area (Å²) >= 11 is 5.01. The normalized spacial score (nSPS) is 12.5. The zero-order valence-electron chi connectivity index (χ0n) is 9.92. The van der Waals surface area contributed by atoms with Gasteiger partial charge in [0.15, 0.2) is 0 Å². The second-order valence-corrected chi connectivity index (χ2v) is 4.86. The molecule has 0 aromatic heterocycles. The van der Waals surface area contributed by atoms with Crippen molar-refractivity contribution in [2.75, 3.05) is 0 Å². The molecule has 0 aliphatic carbocycles. The van der Waals surface area contributed by atoms with E-state index in [0.29, 0.717) is 4.99 Å². The largest absolute Gasteiger partial charge is 0.393 e. The van der Waals surface area contributed by atoms with Crippen LogP contribution in [0.2, 0.25) is 0 Å². The van der Waals surface area contributed by atoms with E-state index in [4.69, 9.17) is 18.0 Å². The van der Waals surface area contributed by atoms with Crippen molar-refractivity contribution in [1.82, 2.24) is 0 Å². The fraction of sp³-hybridized carbons (Fsp3) is 0.462. The Morgan fingerprint density at radius 1 is 1.27 bits per heavy atom. The predicted molar refractivity (Wildman–Crippen MR) is 70.3 cm³/mol. The zero-order chi connectivity index (χ0) is 11.6. The summed E-state index contributed by atoms with van der Waals surface area (Å²) < 4.78 is 0. The molecule has 1 nitrogen and oxygen atoms in total. The summed E-state index contributed by atoms with van der Waals surface area (Å²) in [4.78, 5) is 0.606. The molecule has 0 radical (unpaired) electrons. The molecule has 1 rings (SSSR count). The topological polar surface area (TPSA) is 26.0 Å². The maximum Gasteiger partial charge on any atom is 0.0759 e. The number of aryl methyl sites for hydroxylation is 3. The minimum absolute atomic E-state index is 0.278. The second-order valence-electron chi connectivity index (χ2n) is 4.38. The highest BCUT2D eigenvalue weighted by molar-refractivity contribution is 7.80. The van der Waals surface area contributed by atoms with Gasteiger partial charge in [0.2, 0.25) is 0 Å². The van der Waals surface area contributed by atoms with Crippen LogP contribution in [0.3, 0.4) is 0 Å². The first-order valence-electron chi connectivity index (χ1n) is 5.28. The van der Waals surface area contributed by atoms with Gasteiger partial charge in [-0.1, -0.05) is 36.8 Å². The molecule has 0 aliphatic heterocycles. The number of hydrogen-bond donors (Lipinski definition) is 1. The SMILES string of the molecule is Cc1cc(C)c(CC(C)C(N)=S)c(C)c1. The Balaban J connectivity index is 3.00. The van der Waals surface area contributed by atoms with E-state index in [1.807, 2.05) is 0 Å². The van der Waals surface area contributed by atoms with E-state index in [2.05, 4.69) is 39.8 Å². The molecule has 0 heterocycles. The molecule has 82 valence electrons. The Hall–Kier alpha value is -0.890. The van der Waals surface area contributed by atoms with Gasteiger partial charge < -0.3 is 5.73 Å². The second kappa shape index (κ2) is 4.75. The maximum absolute atomic E-state index is 5.65. The quantitative estimate of drug-likeness (QED) is 0.794. The molecule has 0 spiro atoms. The number of nitrogens with two attached hydrogens (primary N) is 1. The van der Waals surface area contributed by atoms with E-state index >= 15 is 0 Å². The highest BCUT2D eigenvalue weighted by Gasteiger charge is 2.10. The van der Waals surface area contributed by atoms with E-state index in [1.165, 1.54) is 22.3 Å². The molecule has 0 fully saturated rings. The van der Waals surface area contributed by atoms with Gasteiger partial charge in [-0.25, -0.2) is 0 Å². The Bertz CT molecular complexity index is 359. The van der Waals surface area contributed by atoms with Crippen LogP contribution in [0, 0.1) is 26.7 Å². The smallest absolute Gasteiger partial charge is 0.0759 e.